The van der Waals surface area contributed by atoms with Crippen LogP contribution in [0.3, 0.4) is 0 Å². The van der Waals surface area contributed by atoms with Crippen molar-refractivity contribution in [3.63, 3.8) is 0 Å². The van der Waals surface area contributed by atoms with E-state index in [1.807, 2.05) is 0 Å². The zero-order valence-electron chi connectivity index (χ0n) is 13.5. The maximum absolute atomic E-state index is 12.9. The van der Waals surface area contributed by atoms with Crippen LogP contribution in [0.25, 0.3) is 0 Å². The SMILES string of the molecule is CN=C(NCc1ccc(F)cc1)NCc1cc(OC)ccc1O.I. The Balaban J connectivity index is 0.00000288. The Labute approximate surface area is 158 Å². The van der Waals surface area contributed by atoms with Crippen LogP contribution >= 0.6 is 24.0 Å². The van der Waals surface area contributed by atoms with Gasteiger partial charge in [0.1, 0.15) is 17.3 Å². The topological polar surface area (TPSA) is 65.9 Å². The molecule has 0 aliphatic carbocycles. The summed E-state index contributed by atoms with van der Waals surface area (Å²) in [6, 6.07) is 11.3. The van der Waals surface area contributed by atoms with E-state index >= 15 is 0 Å². The third kappa shape index (κ3) is 5.88. The van der Waals surface area contributed by atoms with Gasteiger partial charge in [-0.1, -0.05) is 12.1 Å². The van der Waals surface area contributed by atoms with Crippen molar-refractivity contribution in [3.05, 3.63) is 59.4 Å². The predicted molar refractivity (Wildman–Crippen MR) is 104 cm³/mol. The summed E-state index contributed by atoms with van der Waals surface area (Å²) in [5.41, 5.74) is 1.65. The minimum Gasteiger partial charge on any atom is -0.508 e. The molecular weight excluding hydrogens is 424 g/mol. The summed E-state index contributed by atoms with van der Waals surface area (Å²) in [6.45, 7) is 0.913. The summed E-state index contributed by atoms with van der Waals surface area (Å²) in [5, 5.41) is 16.1. The molecule has 3 N–H and O–H groups in total. The van der Waals surface area contributed by atoms with E-state index in [1.54, 1.807) is 44.5 Å². The van der Waals surface area contributed by atoms with Crippen LogP contribution in [0.2, 0.25) is 0 Å². The van der Waals surface area contributed by atoms with E-state index in [0.717, 1.165) is 5.56 Å². The first kappa shape index (κ1) is 20.0. The van der Waals surface area contributed by atoms with E-state index in [-0.39, 0.29) is 35.5 Å². The van der Waals surface area contributed by atoms with Crippen molar-refractivity contribution in [1.29, 1.82) is 0 Å². The Morgan fingerprint density at radius 2 is 1.79 bits per heavy atom. The number of methoxy groups -OCH3 is 1. The van der Waals surface area contributed by atoms with Gasteiger partial charge in [0.15, 0.2) is 5.96 Å². The highest BCUT2D eigenvalue weighted by Crippen LogP contribution is 2.22. The van der Waals surface area contributed by atoms with Gasteiger partial charge in [-0.25, -0.2) is 4.39 Å². The van der Waals surface area contributed by atoms with E-state index < -0.39 is 0 Å². The second-order valence-electron chi connectivity index (χ2n) is 4.90. The van der Waals surface area contributed by atoms with E-state index in [4.69, 9.17) is 4.74 Å². The average Bonchev–Trinajstić information content (AvgIpc) is 2.58. The number of aliphatic imine (C=N–C) groups is 1. The first-order valence-electron chi connectivity index (χ1n) is 7.17. The molecule has 0 atom stereocenters. The lowest BCUT2D eigenvalue weighted by Gasteiger charge is -2.13. The molecule has 0 fully saturated rings. The summed E-state index contributed by atoms with van der Waals surface area (Å²) in [4.78, 5) is 4.12. The number of phenolic OH excluding ortho intramolecular Hbond substituents is 1. The van der Waals surface area contributed by atoms with Gasteiger partial charge in [0.2, 0.25) is 0 Å². The highest BCUT2D eigenvalue weighted by Gasteiger charge is 2.05. The lowest BCUT2D eigenvalue weighted by molar-refractivity contribution is 0.410. The third-order valence-electron chi connectivity index (χ3n) is 3.33. The summed E-state index contributed by atoms with van der Waals surface area (Å²) < 4.78 is 18.0. The zero-order chi connectivity index (χ0) is 16.7. The number of ether oxygens (including phenoxy) is 1. The minimum atomic E-state index is -0.259. The molecule has 5 nitrogen and oxygen atoms in total. The van der Waals surface area contributed by atoms with E-state index in [9.17, 15) is 9.50 Å². The van der Waals surface area contributed by atoms with E-state index in [0.29, 0.717) is 30.4 Å². The molecule has 0 bridgehead atoms. The highest BCUT2D eigenvalue weighted by molar-refractivity contribution is 14.0. The van der Waals surface area contributed by atoms with Gasteiger partial charge in [0, 0.05) is 25.7 Å². The predicted octanol–water partition coefficient (Wildman–Crippen LogP) is 3.02. The maximum atomic E-state index is 12.9. The van der Waals surface area contributed by atoms with Gasteiger partial charge >= 0.3 is 0 Å². The van der Waals surface area contributed by atoms with Crippen molar-refractivity contribution < 1.29 is 14.2 Å². The van der Waals surface area contributed by atoms with E-state index in [2.05, 4.69) is 15.6 Å². The molecule has 0 saturated heterocycles. The molecular formula is C17H21FIN3O2. The molecule has 0 aliphatic heterocycles. The van der Waals surface area contributed by atoms with Crippen molar-refractivity contribution >= 4 is 29.9 Å². The fourth-order valence-electron chi connectivity index (χ4n) is 2.02. The van der Waals surface area contributed by atoms with Crippen LogP contribution in [-0.2, 0) is 13.1 Å². The summed E-state index contributed by atoms with van der Waals surface area (Å²) in [7, 11) is 3.23. The molecule has 0 radical (unpaired) electrons. The Hall–Kier alpha value is -2.03. The molecule has 24 heavy (non-hydrogen) atoms. The number of hydrogen-bond donors (Lipinski definition) is 3. The van der Waals surface area contributed by atoms with Crippen LogP contribution < -0.4 is 15.4 Å². The van der Waals surface area contributed by atoms with Gasteiger partial charge in [0.05, 0.1) is 7.11 Å². The number of hydrogen-bond acceptors (Lipinski definition) is 3. The van der Waals surface area contributed by atoms with Gasteiger partial charge < -0.3 is 20.5 Å². The molecule has 0 amide bonds. The standard InChI is InChI=1S/C17H20FN3O2.HI/c1-19-17(20-10-12-3-5-14(18)6-4-12)21-11-13-9-15(23-2)7-8-16(13)22;/h3-9,22H,10-11H2,1-2H3,(H2,19,20,21);1H. The molecule has 7 heteroatoms. The molecule has 0 heterocycles. The monoisotopic (exact) mass is 445 g/mol. The Bertz CT molecular complexity index is 678. The molecule has 0 saturated carbocycles. The number of benzene rings is 2. The lowest BCUT2D eigenvalue weighted by Crippen LogP contribution is -2.36. The number of aromatic hydroxyl groups is 1. The third-order valence-corrected chi connectivity index (χ3v) is 3.33. The van der Waals surface area contributed by atoms with Gasteiger partial charge in [-0.15, -0.1) is 24.0 Å². The van der Waals surface area contributed by atoms with Gasteiger partial charge in [0.25, 0.3) is 0 Å². The normalized spacial score (nSPS) is 10.7. The number of rotatable bonds is 5. The first-order chi connectivity index (χ1) is 11.1. The number of halogens is 2. The largest absolute Gasteiger partial charge is 0.508 e. The first-order valence-corrected chi connectivity index (χ1v) is 7.17. The summed E-state index contributed by atoms with van der Waals surface area (Å²) in [6.07, 6.45) is 0. The molecule has 2 rings (SSSR count). The second kappa shape index (κ2) is 9.96. The van der Waals surface area contributed by atoms with Crippen molar-refractivity contribution in [3.8, 4) is 11.5 Å². The molecule has 0 aromatic heterocycles. The molecule has 0 unspecified atom stereocenters. The average molecular weight is 445 g/mol. The maximum Gasteiger partial charge on any atom is 0.191 e. The number of guanidine groups is 1. The fraction of sp³-hybridized carbons (Fsp3) is 0.235. The Morgan fingerprint density at radius 1 is 1.12 bits per heavy atom. The van der Waals surface area contributed by atoms with Crippen LogP contribution in [0.5, 0.6) is 11.5 Å². The van der Waals surface area contributed by atoms with Gasteiger partial charge in [-0.3, -0.25) is 4.99 Å². The minimum absolute atomic E-state index is 0. The quantitative estimate of drug-likeness (QED) is 0.376. The van der Waals surface area contributed by atoms with Crippen molar-refractivity contribution in [2.24, 2.45) is 4.99 Å². The molecule has 0 spiro atoms. The molecule has 0 aliphatic rings. The van der Waals surface area contributed by atoms with Crippen molar-refractivity contribution in [2.75, 3.05) is 14.2 Å². The highest BCUT2D eigenvalue weighted by atomic mass is 127. The van der Waals surface area contributed by atoms with Crippen molar-refractivity contribution in [1.82, 2.24) is 10.6 Å². The smallest absolute Gasteiger partial charge is 0.191 e. The van der Waals surface area contributed by atoms with Crippen molar-refractivity contribution in [2.45, 2.75) is 13.1 Å². The number of nitrogens with one attached hydrogen (secondary N) is 2. The zero-order valence-corrected chi connectivity index (χ0v) is 15.9. The van der Waals surface area contributed by atoms with Crippen LogP contribution in [0.15, 0.2) is 47.5 Å². The van der Waals surface area contributed by atoms with Crippen LogP contribution in [-0.4, -0.2) is 25.2 Å². The molecule has 2 aromatic carbocycles. The van der Waals surface area contributed by atoms with Crippen LogP contribution in [0.1, 0.15) is 11.1 Å². The Morgan fingerprint density at radius 3 is 2.42 bits per heavy atom. The summed E-state index contributed by atoms with van der Waals surface area (Å²) in [5.74, 6) is 1.18. The lowest BCUT2D eigenvalue weighted by atomic mass is 10.2. The van der Waals surface area contributed by atoms with Gasteiger partial charge in [-0.05, 0) is 35.9 Å². The second-order valence-corrected chi connectivity index (χ2v) is 4.90. The Kier molecular flexibility index (Phi) is 8.31. The molecule has 2 aromatic rings. The van der Waals surface area contributed by atoms with Gasteiger partial charge in [-0.2, -0.15) is 0 Å². The fourth-order valence-corrected chi connectivity index (χ4v) is 2.02. The van der Waals surface area contributed by atoms with Crippen LogP contribution in [0.4, 0.5) is 4.39 Å². The van der Waals surface area contributed by atoms with E-state index in [1.165, 1.54) is 12.1 Å². The number of phenols is 1. The summed E-state index contributed by atoms with van der Waals surface area (Å²) >= 11 is 0. The number of nitrogens with zero attached hydrogens (tertiary/aromatic N) is 1. The molecule has 130 valence electrons. The van der Waals surface area contributed by atoms with Crippen LogP contribution in [0, 0.1) is 5.82 Å².